The molecule has 0 bridgehead atoms. The number of benzene rings is 1. The zero-order valence-electron chi connectivity index (χ0n) is 17.0. The van der Waals surface area contributed by atoms with Gasteiger partial charge in [-0.3, -0.25) is 10.1 Å². The monoisotopic (exact) mass is 437 g/mol. The first-order valence-corrected chi connectivity index (χ1v) is 10.8. The number of likely N-dealkylation sites (N-methyl/N-ethyl adjacent to an activating group) is 1. The Balaban J connectivity index is 1.53. The minimum absolute atomic E-state index is 0.308. The summed E-state index contributed by atoms with van der Waals surface area (Å²) >= 11 is 1.57. The molecule has 1 aromatic carbocycles. The van der Waals surface area contributed by atoms with Crippen LogP contribution in [0.5, 0.6) is 0 Å². The van der Waals surface area contributed by atoms with E-state index in [1.54, 1.807) is 35.7 Å². The highest BCUT2D eigenvalue weighted by Gasteiger charge is 2.17. The zero-order chi connectivity index (χ0) is 21.8. The number of pyridine rings is 1. The molecule has 9 heteroatoms. The van der Waals surface area contributed by atoms with Crippen LogP contribution in [0.15, 0.2) is 54.0 Å². The van der Waals surface area contributed by atoms with Crippen LogP contribution in [0.4, 0.5) is 22.0 Å². The van der Waals surface area contributed by atoms with Crippen LogP contribution < -0.4 is 15.5 Å². The van der Waals surface area contributed by atoms with Crippen LogP contribution in [0.2, 0.25) is 0 Å². The van der Waals surface area contributed by atoms with E-state index in [4.69, 9.17) is 5.11 Å². The Bertz CT molecular complexity index is 1060. The van der Waals surface area contributed by atoms with E-state index in [1.165, 1.54) is 0 Å². The lowest BCUT2D eigenvalue weighted by Crippen LogP contribution is -2.44. The summed E-state index contributed by atoms with van der Waals surface area (Å²) in [6.45, 7) is 3.75. The summed E-state index contributed by atoms with van der Waals surface area (Å²) < 4.78 is 0. The molecule has 4 rings (SSSR count). The normalized spacial score (nSPS) is 14.3. The number of nitrogens with zero attached hydrogens (tertiary/aromatic N) is 3. The summed E-state index contributed by atoms with van der Waals surface area (Å²) in [7, 11) is 2.10. The fraction of sp³-hybridized carbons (Fsp3) is 0.227. The number of anilines is 3. The molecule has 3 aromatic rings. The van der Waals surface area contributed by atoms with Crippen LogP contribution in [-0.2, 0) is 0 Å². The van der Waals surface area contributed by atoms with Gasteiger partial charge < -0.3 is 20.2 Å². The molecule has 31 heavy (non-hydrogen) atoms. The van der Waals surface area contributed by atoms with Crippen molar-refractivity contribution in [1.29, 1.82) is 0 Å². The van der Waals surface area contributed by atoms with Gasteiger partial charge in [0.25, 0.3) is 5.91 Å². The highest BCUT2D eigenvalue weighted by molar-refractivity contribution is 7.13. The van der Waals surface area contributed by atoms with E-state index < -0.39 is 6.09 Å². The lowest BCUT2D eigenvalue weighted by atomic mass is 10.1. The third kappa shape index (κ3) is 5.01. The second-order valence-corrected chi connectivity index (χ2v) is 8.27. The molecule has 0 aliphatic carbocycles. The van der Waals surface area contributed by atoms with Gasteiger partial charge in [-0.05, 0) is 48.3 Å². The Morgan fingerprint density at radius 3 is 2.48 bits per heavy atom. The molecule has 0 atom stereocenters. The molecule has 1 saturated heterocycles. The lowest BCUT2D eigenvalue weighted by Gasteiger charge is -2.33. The van der Waals surface area contributed by atoms with Crippen molar-refractivity contribution in [3.63, 3.8) is 0 Å². The molecule has 160 valence electrons. The van der Waals surface area contributed by atoms with E-state index in [1.807, 2.05) is 29.6 Å². The second kappa shape index (κ2) is 9.15. The van der Waals surface area contributed by atoms with Crippen molar-refractivity contribution in [3.8, 4) is 10.4 Å². The fourth-order valence-corrected chi connectivity index (χ4v) is 4.13. The number of carbonyl (C=O) groups is 2. The van der Waals surface area contributed by atoms with E-state index in [0.29, 0.717) is 16.9 Å². The number of hydrogen-bond donors (Lipinski definition) is 3. The number of piperazine rings is 1. The topological polar surface area (TPSA) is 97.8 Å². The molecule has 0 unspecified atom stereocenters. The van der Waals surface area contributed by atoms with Crippen LogP contribution in [0.3, 0.4) is 0 Å². The van der Waals surface area contributed by atoms with Gasteiger partial charge in [-0.1, -0.05) is 12.1 Å². The number of rotatable bonds is 5. The van der Waals surface area contributed by atoms with E-state index in [-0.39, 0.29) is 5.91 Å². The van der Waals surface area contributed by atoms with E-state index in [0.717, 1.165) is 42.4 Å². The van der Waals surface area contributed by atoms with Crippen LogP contribution in [0, 0.1) is 0 Å². The fourth-order valence-electron chi connectivity index (χ4n) is 3.41. The summed E-state index contributed by atoms with van der Waals surface area (Å²) in [5, 5.41) is 16.2. The highest BCUT2D eigenvalue weighted by atomic mass is 32.1. The van der Waals surface area contributed by atoms with Crippen LogP contribution >= 0.6 is 11.3 Å². The van der Waals surface area contributed by atoms with E-state index >= 15 is 0 Å². The first kappa shape index (κ1) is 20.8. The predicted molar refractivity (Wildman–Crippen MR) is 123 cm³/mol. The Labute approximate surface area is 184 Å². The standard InChI is InChI=1S/C22H23N5O3S/c1-26-8-10-27(11-9-26)20-7-5-16(14-23-20)21(28)24-18-13-15(19-3-2-12-31-19)4-6-17(18)25-22(29)30/h2-7,12-14,25H,8-11H2,1H3,(H,24,28)(H,29,30). The van der Waals surface area contributed by atoms with E-state index in [2.05, 4.69) is 32.5 Å². The number of aromatic nitrogens is 1. The zero-order valence-corrected chi connectivity index (χ0v) is 17.9. The minimum Gasteiger partial charge on any atom is -0.465 e. The number of carboxylic acid groups (broad SMARTS) is 1. The van der Waals surface area contributed by atoms with Gasteiger partial charge in [-0.25, -0.2) is 9.78 Å². The van der Waals surface area contributed by atoms with Crippen LogP contribution in [-0.4, -0.2) is 60.2 Å². The molecule has 1 aliphatic rings. The third-order valence-corrected chi connectivity index (χ3v) is 6.07. The minimum atomic E-state index is -1.20. The Morgan fingerprint density at radius 1 is 1.03 bits per heavy atom. The maximum Gasteiger partial charge on any atom is 0.409 e. The molecule has 2 amide bonds. The molecule has 8 nitrogen and oxygen atoms in total. The van der Waals surface area contributed by atoms with Gasteiger partial charge in [-0.15, -0.1) is 11.3 Å². The van der Waals surface area contributed by atoms with Gasteiger partial charge in [0.15, 0.2) is 0 Å². The quantitative estimate of drug-likeness (QED) is 0.560. The van der Waals surface area contributed by atoms with Crippen molar-refractivity contribution in [2.45, 2.75) is 0 Å². The second-order valence-electron chi connectivity index (χ2n) is 7.32. The number of nitrogens with one attached hydrogen (secondary N) is 2. The third-order valence-electron chi connectivity index (χ3n) is 5.15. The molecule has 0 saturated carbocycles. The first-order valence-electron chi connectivity index (χ1n) is 9.88. The summed E-state index contributed by atoms with van der Waals surface area (Å²) in [5.41, 5.74) is 2.00. The van der Waals surface area contributed by atoms with Crippen molar-refractivity contribution < 1.29 is 14.7 Å². The molecule has 0 radical (unpaired) electrons. The lowest BCUT2D eigenvalue weighted by molar-refractivity contribution is 0.102. The van der Waals surface area contributed by atoms with Crippen LogP contribution in [0.1, 0.15) is 10.4 Å². The number of hydrogen-bond acceptors (Lipinski definition) is 6. The maximum atomic E-state index is 12.8. The molecule has 0 spiro atoms. The number of amides is 2. The Kier molecular flexibility index (Phi) is 6.15. The smallest absolute Gasteiger partial charge is 0.409 e. The molecule has 3 heterocycles. The van der Waals surface area contributed by atoms with Crippen molar-refractivity contribution in [2.75, 3.05) is 48.8 Å². The van der Waals surface area contributed by atoms with Crippen molar-refractivity contribution >= 4 is 40.5 Å². The van der Waals surface area contributed by atoms with Crippen molar-refractivity contribution in [2.24, 2.45) is 0 Å². The Hall–Kier alpha value is -3.43. The van der Waals surface area contributed by atoms with Crippen molar-refractivity contribution in [1.82, 2.24) is 9.88 Å². The largest absolute Gasteiger partial charge is 0.465 e. The summed E-state index contributed by atoms with van der Waals surface area (Å²) in [6.07, 6.45) is 0.355. The summed E-state index contributed by atoms with van der Waals surface area (Å²) in [4.78, 5) is 33.9. The molecular formula is C22H23N5O3S. The Morgan fingerprint density at radius 2 is 1.84 bits per heavy atom. The SMILES string of the molecule is CN1CCN(c2ccc(C(=O)Nc3cc(-c4cccs4)ccc3NC(=O)O)cn2)CC1. The van der Waals surface area contributed by atoms with E-state index in [9.17, 15) is 9.59 Å². The molecule has 2 aromatic heterocycles. The van der Waals surface area contributed by atoms with Gasteiger partial charge in [0, 0.05) is 37.3 Å². The number of carbonyl (C=O) groups excluding carboxylic acids is 1. The summed E-state index contributed by atoms with van der Waals surface area (Å²) in [6, 6.07) is 12.7. The van der Waals surface area contributed by atoms with Crippen molar-refractivity contribution in [3.05, 3.63) is 59.6 Å². The highest BCUT2D eigenvalue weighted by Crippen LogP contribution is 2.32. The summed E-state index contributed by atoms with van der Waals surface area (Å²) in [5.74, 6) is 0.492. The maximum absolute atomic E-state index is 12.8. The van der Waals surface area contributed by atoms with Crippen LogP contribution in [0.25, 0.3) is 10.4 Å². The van der Waals surface area contributed by atoms with Gasteiger partial charge in [0.05, 0.1) is 16.9 Å². The first-order chi connectivity index (χ1) is 15.0. The van der Waals surface area contributed by atoms with Gasteiger partial charge in [0.2, 0.25) is 0 Å². The molecule has 1 aliphatic heterocycles. The predicted octanol–water partition coefficient (Wildman–Crippen LogP) is 3.90. The van der Waals surface area contributed by atoms with Gasteiger partial charge in [0.1, 0.15) is 5.82 Å². The molecule has 1 fully saturated rings. The van der Waals surface area contributed by atoms with Gasteiger partial charge in [-0.2, -0.15) is 0 Å². The number of thiophene rings is 1. The average Bonchev–Trinajstić information content (AvgIpc) is 3.30. The van der Waals surface area contributed by atoms with Gasteiger partial charge >= 0.3 is 6.09 Å². The average molecular weight is 438 g/mol. The molecular weight excluding hydrogens is 414 g/mol. The molecule has 3 N–H and O–H groups in total.